The normalized spacial score (nSPS) is 14.0. The molecule has 37 heavy (non-hydrogen) atoms. The van der Waals surface area contributed by atoms with Crippen LogP contribution in [0, 0.1) is 25.5 Å². The number of ether oxygens (including phenoxy) is 1. The van der Waals surface area contributed by atoms with Gasteiger partial charge in [0.1, 0.15) is 34.7 Å². The number of aliphatic hydroxyl groups is 1. The van der Waals surface area contributed by atoms with Crippen LogP contribution < -0.4 is 10.3 Å². The molecule has 0 aliphatic heterocycles. The summed E-state index contributed by atoms with van der Waals surface area (Å²) in [6.07, 6.45) is 5.80. The van der Waals surface area contributed by atoms with Crippen LogP contribution >= 0.6 is 11.6 Å². The van der Waals surface area contributed by atoms with Crippen molar-refractivity contribution >= 4 is 11.6 Å². The molecule has 0 atom stereocenters. The smallest absolute Gasteiger partial charge is 0.277 e. The molecule has 0 unspecified atom stereocenters. The Morgan fingerprint density at radius 1 is 1.11 bits per heavy atom. The first-order valence-corrected chi connectivity index (χ1v) is 11.9. The van der Waals surface area contributed by atoms with E-state index in [1.807, 2.05) is 6.92 Å². The van der Waals surface area contributed by atoms with E-state index in [0.717, 1.165) is 24.6 Å². The van der Waals surface area contributed by atoms with Gasteiger partial charge in [0.2, 0.25) is 0 Å². The van der Waals surface area contributed by atoms with E-state index in [0.29, 0.717) is 34.7 Å². The van der Waals surface area contributed by atoms with Gasteiger partial charge < -0.3 is 9.84 Å². The van der Waals surface area contributed by atoms with Crippen LogP contribution in [0.4, 0.5) is 8.78 Å². The number of halogens is 3. The molecule has 1 N–H and O–H groups in total. The number of aliphatic hydroxyl groups excluding tert-OH is 1. The van der Waals surface area contributed by atoms with Crippen molar-refractivity contribution in [3.63, 3.8) is 0 Å². The maximum absolute atomic E-state index is 13.9. The van der Waals surface area contributed by atoms with Crippen molar-refractivity contribution in [2.24, 2.45) is 0 Å². The molecular weight excluding hydrogens is 504 g/mol. The summed E-state index contributed by atoms with van der Waals surface area (Å²) >= 11 is 6.36. The predicted octanol–water partition coefficient (Wildman–Crippen LogP) is 4.24. The van der Waals surface area contributed by atoms with Gasteiger partial charge in [0.05, 0.1) is 35.3 Å². The van der Waals surface area contributed by atoms with Crippen LogP contribution in [0.2, 0.25) is 5.02 Å². The second-order valence-electron chi connectivity index (χ2n) is 9.04. The van der Waals surface area contributed by atoms with E-state index < -0.39 is 22.6 Å². The Balaban J connectivity index is 1.49. The maximum atomic E-state index is 13.9. The Bertz CT molecular complexity index is 1570. The zero-order valence-electron chi connectivity index (χ0n) is 20.0. The Hall–Kier alpha value is -3.76. The zero-order valence-corrected chi connectivity index (χ0v) is 20.8. The highest BCUT2D eigenvalue weighted by Gasteiger charge is 2.46. The van der Waals surface area contributed by atoms with Crippen LogP contribution in [0.5, 0.6) is 5.75 Å². The van der Waals surface area contributed by atoms with Gasteiger partial charge in [-0.2, -0.15) is 0 Å². The van der Waals surface area contributed by atoms with Crippen LogP contribution in [-0.2, 0) is 12.0 Å². The van der Waals surface area contributed by atoms with Crippen LogP contribution in [0.3, 0.4) is 0 Å². The van der Waals surface area contributed by atoms with Gasteiger partial charge >= 0.3 is 0 Å². The molecule has 1 fully saturated rings. The summed E-state index contributed by atoms with van der Waals surface area (Å²) in [4.78, 5) is 30.4. The first-order valence-electron chi connectivity index (χ1n) is 11.5. The third-order valence-electron chi connectivity index (χ3n) is 6.41. The number of aromatic nitrogens is 5. The largest absolute Gasteiger partial charge is 0.485 e. The van der Waals surface area contributed by atoms with Crippen LogP contribution in [-0.4, -0.2) is 36.2 Å². The molecule has 4 heterocycles. The summed E-state index contributed by atoms with van der Waals surface area (Å²) in [5.74, 6) is -1.04. The summed E-state index contributed by atoms with van der Waals surface area (Å²) in [6, 6.07) is 5.73. The summed E-state index contributed by atoms with van der Waals surface area (Å²) in [5, 5.41) is 9.54. The highest BCUT2D eigenvalue weighted by atomic mass is 35.5. The minimum Gasteiger partial charge on any atom is -0.485 e. The maximum Gasteiger partial charge on any atom is 0.277 e. The van der Waals surface area contributed by atoms with Gasteiger partial charge in [0.25, 0.3) is 5.56 Å². The molecule has 1 aliphatic carbocycles. The van der Waals surface area contributed by atoms with Crippen LogP contribution in [0.1, 0.15) is 35.6 Å². The average molecular weight is 526 g/mol. The molecule has 1 aliphatic rings. The zero-order chi connectivity index (χ0) is 26.3. The molecule has 0 saturated heterocycles. The molecule has 0 amide bonds. The molecular formula is C26H22ClF2N5O3. The van der Waals surface area contributed by atoms with E-state index in [1.54, 1.807) is 37.5 Å². The van der Waals surface area contributed by atoms with Gasteiger partial charge in [-0.1, -0.05) is 11.6 Å². The van der Waals surface area contributed by atoms with Gasteiger partial charge in [-0.3, -0.25) is 19.3 Å². The molecule has 5 rings (SSSR count). The van der Waals surface area contributed by atoms with Crippen molar-refractivity contribution in [2.45, 2.75) is 38.7 Å². The molecule has 0 bridgehead atoms. The lowest BCUT2D eigenvalue weighted by Crippen LogP contribution is -2.23. The molecule has 4 aromatic heterocycles. The molecule has 0 aromatic carbocycles. The monoisotopic (exact) mass is 525 g/mol. The van der Waals surface area contributed by atoms with E-state index >= 15 is 0 Å². The Labute approximate surface area is 215 Å². The molecule has 190 valence electrons. The average Bonchev–Trinajstić information content (AvgIpc) is 3.69. The van der Waals surface area contributed by atoms with Gasteiger partial charge in [0, 0.05) is 30.2 Å². The minimum absolute atomic E-state index is 0.0194. The van der Waals surface area contributed by atoms with Crippen molar-refractivity contribution in [2.75, 3.05) is 6.61 Å². The number of rotatable bonds is 7. The minimum atomic E-state index is -0.861. The lowest BCUT2D eigenvalue weighted by atomic mass is 10.1. The van der Waals surface area contributed by atoms with Crippen LogP contribution in [0.15, 0.2) is 47.7 Å². The second kappa shape index (κ2) is 9.60. The summed E-state index contributed by atoms with van der Waals surface area (Å²) < 4.78 is 34.0. The molecule has 8 nitrogen and oxygen atoms in total. The topological polar surface area (TPSA) is 103 Å². The van der Waals surface area contributed by atoms with Crippen molar-refractivity contribution in [3.8, 4) is 22.8 Å². The standard InChI is InChI=1S/C26H22ClF2N5O3/c1-14-10-31-19(18-3-6-30-25(33-18)26(13-35)4-5-26)9-21(14)34-15(2)7-22(23(27)24(34)36)37-12-20-17(29)8-16(28)11-32-20/h3,6-11,35H,4-5,12-13H2,1-2H3. The summed E-state index contributed by atoms with van der Waals surface area (Å²) in [5.41, 5.74) is 1.83. The van der Waals surface area contributed by atoms with Crippen molar-refractivity contribution in [3.05, 3.63) is 92.6 Å². The highest BCUT2D eigenvalue weighted by Crippen LogP contribution is 2.46. The summed E-state index contributed by atoms with van der Waals surface area (Å²) in [7, 11) is 0. The van der Waals surface area contributed by atoms with Gasteiger partial charge in [-0.15, -0.1) is 0 Å². The molecule has 1 saturated carbocycles. The third kappa shape index (κ3) is 4.70. The van der Waals surface area contributed by atoms with E-state index in [4.69, 9.17) is 16.3 Å². The number of aryl methyl sites for hydroxylation is 2. The Kier molecular flexibility index (Phi) is 6.47. The fourth-order valence-electron chi connectivity index (χ4n) is 4.04. The fraction of sp³-hybridized carbons (Fsp3) is 0.269. The van der Waals surface area contributed by atoms with E-state index in [1.165, 1.54) is 4.57 Å². The highest BCUT2D eigenvalue weighted by molar-refractivity contribution is 6.31. The Morgan fingerprint density at radius 2 is 1.89 bits per heavy atom. The first-order chi connectivity index (χ1) is 17.7. The Morgan fingerprint density at radius 3 is 2.59 bits per heavy atom. The molecule has 0 spiro atoms. The van der Waals surface area contributed by atoms with Gasteiger partial charge in [-0.25, -0.2) is 18.7 Å². The van der Waals surface area contributed by atoms with E-state index in [2.05, 4.69) is 19.9 Å². The van der Waals surface area contributed by atoms with E-state index in [-0.39, 0.29) is 29.7 Å². The number of hydrogen-bond donors (Lipinski definition) is 1. The number of hydrogen-bond acceptors (Lipinski definition) is 7. The fourth-order valence-corrected chi connectivity index (χ4v) is 4.23. The van der Waals surface area contributed by atoms with Crippen LogP contribution in [0.25, 0.3) is 17.1 Å². The SMILES string of the molecule is Cc1cnc(-c2ccnc(C3(CO)CC3)n2)cc1-n1c(C)cc(OCc2ncc(F)cc2F)c(Cl)c1=O. The second-order valence-corrected chi connectivity index (χ2v) is 9.41. The molecule has 4 aromatic rings. The lowest BCUT2D eigenvalue weighted by Gasteiger charge is -2.17. The molecule has 11 heteroatoms. The van der Waals surface area contributed by atoms with Crippen molar-refractivity contribution in [1.29, 1.82) is 0 Å². The van der Waals surface area contributed by atoms with E-state index in [9.17, 15) is 18.7 Å². The van der Waals surface area contributed by atoms with Gasteiger partial charge in [-0.05, 0) is 44.4 Å². The number of pyridine rings is 3. The lowest BCUT2D eigenvalue weighted by molar-refractivity contribution is 0.250. The third-order valence-corrected chi connectivity index (χ3v) is 6.76. The van der Waals surface area contributed by atoms with Crippen molar-refractivity contribution < 1.29 is 18.6 Å². The van der Waals surface area contributed by atoms with Crippen molar-refractivity contribution in [1.82, 2.24) is 24.5 Å². The quantitative estimate of drug-likeness (QED) is 0.385. The predicted molar refractivity (Wildman–Crippen MR) is 132 cm³/mol. The molecule has 0 radical (unpaired) electrons. The van der Waals surface area contributed by atoms with Gasteiger partial charge in [0.15, 0.2) is 5.82 Å². The number of nitrogens with zero attached hydrogens (tertiary/aromatic N) is 5. The first kappa shape index (κ1) is 24.9. The summed E-state index contributed by atoms with van der Waals surface area (Å²) in [6.45, 7) is 3.17.